The van der Waals surface area contributed by atoms with Crippen molar-refractivity contribution < 1.29 is 28.2 Å². The van der Waals surface area contributed by atoms with Gasteiger partial charge in [-0.05, 0) is 55.3 Å². The lowest BCUT2D eigenvalue weighted by molar-refractivity contribution is -0.128. The summed E-state index contributed by atoms with van der Waals surface area (Å²) in [6.45, 7) is 6.22. The quantitative estimate of drug-likeness (QED) is 0.220. The number of carbonyl (C=O) groups is 2. The molecule has 1 aliphatic carbocycles. The van der Waals surface area contributed by atoms with Crippen molar-refractivity contribution >= 4 is 50.0 Å². The molecule has 1 aliphatic heterocycles. The highest BCUT2D eigenvalue weighted by Crippen LogP contribution is 2.35. The average molecular weight is 641 g/mol. The van der Waals surface area contributed by atoms with Crippen LogP contribution in [0.3, 0.4) is 0 Å². The Labute approximate surface area is 264 Å². The van der Waals surface area contributed by atoms with Crippen LogP contribution in [0.15, 0.2) is 71.7 Å². The summed E-state index contributed by atoms with van der Waals surface area (Å²) in [5.41, 5.74) is 2.71. The minimum absolute atomic E-state index is 0.0754. The fourth-order valence-corrected chi connectivity index (χ4v) is 6.86. The van der Waals surface area contributed by atoms with E-state index in [1.807, 2.05) is 75.4 Å². The van der Waals surface area contributed by atoms with E-state index in [1.165, 1.54) is 11.8 Å². The van der Waals surface area contributed by atoms with Crippen molar-refractivity contribution in [1.82, 2.24) is 16.0 Å². The molecule has 0 saturated heterocycles. The molecule has 12 heteroatoms. The summed E-state index contributed by atoms with van der Waals surface area (Å²) in [4.78, 5) is 29.9. The molecule has 44 heavy (non-hydrogen) atoms. The lowest BCUT2D eigenvalue weighted by atomic mass is 9.91. The van der Waals surface area contributed by atoms with Crippen molar-refractivity contribution in [2.75, 3.05) is 30.3 Å². The Morgan fingerprint density at radius 1 is 1.16 bits per heavy atom. The third kappa shape index (κ3) is 8.46. The number of β-amino-alcohol motifs (C(OH)–C–C–N with tert-alkyl or cyclic N) is 1. The number of hydrogen-bond donors (Lipinski definition) is 5. The van der Waals surface area contributed by atoms with E-state index >= 15 is 0 Å². The number of fused-ring (bicyclic) bond motifs is 1. The number of nitrogens with zero attached hydrogens (tertiary/aromatic N) is 1. The van der Waals surface area contributed by atoms with Gasteiger partial charge in [-0.15, -0.1) is 11.8 Å². The standard InChI is InChI=1S/C32H40N4O6S2/c1-4-33-30-24(8-7-11-28(30)44(41)42)22-14-12-21(13-15-22)18-36-26-9-5-6-10-27(26)43-20-25(31(36)40)35-29(39)16-32(2,3)34-17-23(38)19-37/h5-15,23,25,30,33-34,37-38H,4,16-20H2,1-3H3,(H,35,39)/t23-,25+,30?/m0/s1. The van der Waals surface area contributed by atoms with E-state index in [9.17, 15) is 23.1 Å². The van der Waals surface area contributed by atoms with Crippen LogP contribution in [0.25, 0.3) is 5.57 Å². The van der Waals surface area contributed by atoms with Gasteiger partial charge >= 0.3 is 0 Å². The molecule has 0 radical (unpaired) electrons. The van der Waals surface area contributed by atoms with Crippen LogP contribution in [0, 0.1) is 0 Å². The monoisotopic (exact) mass is 640 g/mol. The fraction of sp³-hybridized carbons (Fsp3) is 0.406. The molecule has 5 N–H and O–H groups in total. The Morgan fingerprint density at radius 3 is 2.57 bits per heavy atom. The van der Waals surface area contributed by atoms with Crippen LogP contribution in [0.1, 0.15) is 38.3 Å². The maximum Gasteiger partial charge on any atom is 0.250 e. The van der Waals surface area contributed by atoms with E-state index in [0.29, 0.717) is 12.3 Å². The van der Waals surface area contributed by atoms with Crippen LogP contribution in [0.2, 0.25) is 0 Å². The SMILES string of the molecule is CCNC1C(c2ccc(CN3C(=O)[C@H](NC(=O)CC(C)(C)NC[C@H](O)CO)CSc4ccccc43)cc2)=CC=CC1=S(=O)=O. The van der Waals surface area contributed by atoms with Gasteiger partial charge in [-0.2, -0.15) is 8.42 Å². The number of benzene rings is 2. The van der Waals surface area contributed by atoms with Gasteiger partial charge in [0, 0.05) is 29.2 Å². The summed E-state index contributed by atoms with van der Waals surface area (Å²) in [5, 5.41) is 28.0. The molecule has 1 heterocycles. The van der Waals surface area contributed by atoms with Crippen LogP contribution < -0.4 is 20.9 Å². The topological polar surface area (TPSA) is 148 Å². The predicted molar refractivity (Wildman–Crippen MR) is 175 cm³/mol. The normalized spacial score (nSPS) is 19.2. The minimum atomic E-state index is -2.35. The number of aliphatic hydroxyl groups is 2. The molecule has 0 aromatic heterocycles. The van der Waals surface area contributed by atoms with Gasteiger partial charge in [0.1, 0.15) is 6.04 Å². The van der Waals surface area contributed by atoms with Gasteiger partial charge in [-0.1, -0.05) is 55.5 Å². The third-order valence-electron chi connectivity index (χ3n) is 7.45. The lowest BCUT2D eigenvalue weighted by Crippen LogP contribution is -2.52. The van der Waals surface area contributed by atoms with Crippen molar-refractivity contribution in [1.29, 1.82) is 0 Å². The zero-order valence-electron chi connectivity index (χ0n) is 25.1. The first kappa shape index (κ1) is 33.6. The Hall–Kier alpha value is -3.26. The largest absolute Gasteiger partial charge is 0.394 e. The number of nitrogens with one attached hydrogen (secondary N) is 3. The van der Waals surface area contributed by atoms with E-state index in [1.54, 1.807) is 17.1 Å². The van der Waals surface area contributed by atoms with Gasteiger partial charge in [-0.25, -0.2) is 0 Å². The Morgan fingerprint density at radius 2 is 1.89 bits per heavy atom. The molecule has 0 spiro atoms. The number of carbonyl (C=O) groups excluding carboxylic acids is 2. The number of anilines is 1. The Kier molecular flexibility index (Phi) is 11.6. The van der Waals surface area contributed by atoms with Gasteiger partial charge in [0.25, 0.3) is 5.91 Å². The molecule has 2 aliphatic rings. The summed E-state index contributed by atoms with van der Waals surface area (Å²) in [6, 6.07) is 14.2. The molecule has 4 rings (SSSR count). The molecule has 3 atom stereocenters. The molecule has 2 aromatic rings. The smallest absolute Gasteiger partial charge is 0.250 e. The van der Waals surface area contributed by atoms with Crippen molar-refractivity contribution in [2.45, 2.75) is 62.4 Å². The number of amides is 2. The molecule has 0 fully saturated rings. The van der Waals surface area contributed by atoms with E-state index in [-0.39, 0.29) is 42.8 Å². The molecule has 2 aromatic carbocycles. The van der Waals surface area contributed by atoms with Crippen molar-refractivity contribution in [2.24, 2.45) is 0 Å². The highest BCUT2D eigenvalue weighted by Gasteiger charge is 2.33. The number of thioether (sulfide) groups is 1. The van der Waals surface area contributed by atoms with E-state index in [2.05, 4.69) is 16.0 Å². The Balaban J connectivity index is 1.52. The van der Waals surface area contributed by atoms with Crippen LogP contribution in [0.4, 0.5) is 5.69 Å². The first-order valence-corrected chi connectivity index (χ1v) is 16.6. The molecule has 10 nitrogen and oxygen atoms in total. The van der Waals surface area contributed by atoms with Crippen LogP contribution in [0.5, 0.6) is 0 Å². The number of aliphatic hydroxyl groups excluding tert-OH is 2. The molecule has 0 saturated carbocycles. The maximum absolute atomic E-state index is 13.9. The van der Waals surface area contributed by atoms with Gasteiger partial charge in [0.2, 0.25) is 16.2 Å². The second-order valence-electron chi connectivity index (χ2n) is 11.4. The molecular formula is C32H40N4O6S2. The summed E-state index contributed by atoms with van der Waals surface area (Å²) in [5.74, 6) is -0.136. The van der Waals surface area contributed by atoms with Crippen molar-refractivity contribution in [3.8, 4) is 0 Å². The first-order chi connectivity index (χ1) is 21.0. The highest BCUT2D eigenvalue weighted by atomic mass is 32.2. The molecule has 2 amide bonds. The Bertz CT molecular complexity index is 1540. The zero-order valence-corrected chi connectivity index (χ0v) is 26.7. The van der Waals surface area contributed by atoms with Gasteiger partial charge in [0.05, 0.1) is 35.8 Å². The summed E-state index contributed by atoms with van der Waals surface area (Å²) in [6.07, 6.45) is 4.39. The van der Waals surface area contributed by atoms with Crippen molar-refractivity contribution in [3.63, 3.8) is 0 Å². The second-order valence-corrected chi connectivity index (χ2v) is 13.4. The second kappa shape index (κ2) is 15.2. The fourth-order valence-electron chi connectivity index (χ4n) is 5.19. The highest BCUT2D eigenvalue weighted by molar-refractivity contribution is 7.99. The van der Waals surface area contributed by atoms with Gasteiger partial charge < -0.3 is 31.1 Å². The van der Waals surface area contributed by atoms with Gasteiger partial charge in [-0.3, -0.25) is 9.59 Å². The van der Waals surface area contributed by atoms with Crippen LogP contribution in [-0.4, -0.2) is 84.5 Å². The average Bonchev–Trinajstić information content (AvgIpc) is 3.12. The lowest BCUT2D eigenvalue weighted by Gasteiger charge is -2.29. The van der Waals surface area contributed by atoms with Crippen molar-refractivity contribution in [3.05, 3.63) is 77.9 Å². The molecule has 0 bridgehead atoms. The first-order valence-electron chi connectivity index (χ1n) is 14.6. The van der Waals surface area contributed by atoms with Crippen LogP contribution in [-0.2, 0) is 26.4 Å². The predicted octanol–water partition coefficient (Wildman–Crippen LogP) is 1.90. The van der Waals surface area contributed by atoms with E-state index < -0.39 is 34.0 Å². The number of allylic oxidation sites excluding steroid dienone is 2. The number of para-hydroxylation sites is 1. The minimum Gasteiger partial charge on any atom is -0.394 e. The molecule has 1 unspecified atom stereocenters. The summed E-state index contributed by atoms with van der Waals surface area (Å²) >= 11 is 1.51. The number of likely N-dealkylation sites (N-methyl/N-ethyl adjacent to an activating group) is 1. The maximum atomic E-state index is 13.9. The van der Waals surface area contributed by atoms with Gasteiger partial charge in [0.15, 0.2) is 0 Å². The number of rotatable bonds is 12. The molecule has 236 valence electrons. The van der Waals surface area contributed by atoms with E-state index in [4.69, 9.17) is 5.11 Å². The summed E-state index contributed by atoms with van der Waals surface area (Å²) in [7, 11) is -2.35. The summed E-state index contributed by atoms with van der Waals surface area (Å²) < 4.78 is 23.7. The zero-order chi connectivity index (χ0) is 31.9. The molecular weight excluding hydrogens is 601 g/mol. The van der Waals surface area contributed by atoms with E-state index in [0.717, 1.165) is 27.3 Å². The third-order valence-corrected chi connectivity index (χ3v) is 9.36. The number of hydrogen-bond acceptors (Lipinski definition) is 9. The van der Waals surface area contributed by atoms with Crippen LogP contribution >= 0.6 is 11.8 Å².